The molecular weight excluding hydrogens is 438 g/mol. The predicted molar refractivity (Wildman–Crippen MR) is 132 cm³/mol. The average molecular weight is 474 g/mol. The molecule has 9 heteroatoms. The van der Waals surface area contributed by atoms with Gasteiger partial charge in [-0.25, -0.2) is 9.97 Å². The SMILES string of the molecule is Cc1cc(NC(C)(C)C)ncc1-c1sc(C(=O)N[C@H](C)[C@@H](C)O)nc1C(=O)N1CCC[C@@H]1C. The minimum absolute atomic E-state index is 0.135. The third-order valence-corrected chi connectivity index (χ3v) is 6.87. The zero-order valence-electron chi connectivity index (χ0n) is 20.5. The molecule has 3 rings (SSSR count). The topological polar surface area (TPSA) is 107 Å². The Morgan fingerprint density at radius 2 is 2.00 bits per heavy atom. The molecule has 0 aliphatic carbocycles. The number of aryl methyl sites for hydroxylation is 1. The number of anilines is 1. The second-order valence-electron chi connectivity index (χ2n) is 9.95. The minimum Gasteiger partial charge on any atom is -0.391 e. The van der Waals surface area contributed by atoms with E-state index in [2.05, 4.69) is 41.4 Å². The Balaban J connectivity index is 2.02. The number of nitrogens with one attached hydrogen (secondary N) is 2. The largest absolute Gasteiger partial charge is 0.391 e. The summed E-state index contributed by atoms with van der Waals surface area (Å²) in [6, 6.07) is 1.65. The van der Waals surface area contributed by atoms with Crippen molar-refractivity contribution in [1.29, 1.82) is 0 Å². The molecule has 3 atom stereocenters. The number of likely N-dealkylation sites (tertiary alicyclic amines) is 1. The van der Waals surface area contributed by atoms with E-state index in [9.17, 15) is 14.7 Å². The van der Waals surface area contributed by atoms with E-state index in [1.165, 1.54) is 11.3 Å². The minimum atomic E-state index is -0.700. The molecule has 180 valence electrons. The van der Waals surface area contributed by atoms with Crippen molar-refractivity contribution < 1.29 is 14.7 Å². The molecule has 1 saturated heterocycles. The van der Waals surface area contributed by atoms with Gasteiger partial charge in [0.25, 0.3) is 11.8 Å². The van der Waals surface area contributed by atoms with E-state index in [-0.39, 0.29) is 28.2 Å². The fourth-order valence-electron chi connectivity index (χ4n) is 3.75. The van der Waals surface area contributed by atoms with Crippen LogP contribution >= 0.6 is 11.3 Å². The smallest absolute Gasteiger partial charge is 0.280 e. The van der Waals surface area contributed by atoms with Crippen molar-refractivity contribution >= 4 is 29.0 Å². The van der Waals surface area contributed by atoms with Crippen molar-refractivity contribution in [1.82, 2.24) is 20.2 Å². The summed E-state index contributed by atoms with van der Waals surface area (Å²) in [5.74, 6) is 0.183. The molecule has 2 amide bonds. The summed E-state index contributed by atoms with van der Waals surface area (Å²) in [7, 11) is 0. The molecule has 0 bridgehead atoms. The van der Waals surface area contributed by atoms with Gasteiger partial charge in [0, 0.05) is 29.9 Å². The Hall–Kier alpha value is -2.52. The maximum atomic E-state index is 13.4. The molecule has 1 aliphatic rings. The molecular formula is C24H35N5O3S. The summed E-state index contributed by atoms with van der Waals surface area (Å²) in [5.41, 5.74) is 1.87. The van der Waals surface area contributed by atoms with Crippen LogP contribution in [0.1, 0.15) is 80.2 Å². The molecule has 0 radical (unpaired) electrons. The van der Waals surface area contributed by atoms with Crippen LogP contribution < -0.4 is 10.6 Å². The summed E-state index contributed by atoms with van der Waals surface area (Å²) < 4.78 is 0. The lowest BCUT2D eigenvalue weighted by atomic mass is 10.1. The first-order valence-corrected chi connectivity index (χ1v) is 12.2. The Labute approximate surface area is 199 Å². The van der Waals surface area contributed by atoms with Gasteiger partial charge in [0.15, 0.2) is 5.01 Å². The number of pyridine rings is 1. The van der Waals surface area contributed by atoms with Gasteiger partial charge in [-0.3, -0.25) is 9.59 Å². The van der Waals surface area contributed by atoms with E-state index in [4.69, 9.17) is 0 Å². The van der Waals surface area contributed by atoms with Crippen LogP contribution in [0, 0.1) is 6.92 Å². The van der Waals surface area contributed by atoms with Gasteiger partial charge < -0.3 is 20.6 Å². The van der Waals surface area contributed by atoms with E-state index in [1.807, 2.05) is 24.8 Å². The highest BCUT2D eigenvalue weighted by atomic mass is 32.1. The molecule has 2 aromatic rings. The number of amides is 2. The van der Waals surface area contributed by atoms with Gasteiger partial charge in [-0.1, -0.05) is 0 Å². The van der Waals surface area contributed by atoms with E-state index >= 15 is 0 Å². The Morgan fingerprint density at radius 1 is 1.30 bits per heavy atom. The first-order valence-electron chi connectivity index (χ1n) is 11.4. The van der Waals surface area contributed by atoms with Gasteiger partial charge in [0.1, 0.15) is 11.5 Å². The predicted octanol–water partition coefficient (Wildman–Crippen LogP) is 3.85. The molecule has 1 fully saturated rings. The Kier molecular flexibility index (Phi) is 7.43. The van der Waals surface area contributed by atoms with Crippen molar-refractivity contribution in [2.45, 2.75) is 85.0 Å². The first kappa shape index (κ1) is 25.1. The van der Waals surface area contributed by atoms with E-state index < -0.39 is 18.1 Å². The molecule has 2 aromatic heterocycles. The number of thiazole rings is 1. The highest BCUT2D eigenvalue weighted by Gasteiger charge is 2.32. The lowest BCUT2D eigenvalue weighted by molar-refractivity contribution is 0.0743. The molecule has 0 saturated carbocycles. The van der Waals surface area contributed by atoms with E-state index in [0.29, 0.717) is 11.4 Å². The number of rotatable bonds is 6. The quantitative estimate of drug-likeness (QED) is 0.588. The van der Waals surface area contributed by atoms with Crippen LogP contribution in [0.25, 0.3) is 10.4 Å². The molecule has 1 aliphatic heterocycles. The third kappa shape index (κ3) is 5.89. The molecule has 8 nitrogen and oxygen atoms in total. The number of nitrogens with zero attached hydrogens (tertiary/aromatic N) is 3. The Bertz CT molecular complexity index is 1030. The van der Waals surface area contributed by atoms with Gasteiger partial charge in [-0.2, -0.15) is 0 Å². The maximum Gasteiger partial charge on any atom is 0.280 e. The van der Waals surface area contributed by atoms with Crippen LogP contribution in [0.15, 0.2) is 12.3 Å². The van der Waals surface area contributed by atoms with Gasteiger partial charge in [0.05, 0.1) is 17.0 Å². The molecule has 3 heterocycles. The zero-order valence-corrected chi connectivity index (χ0v) is 21.3. The van der Waals surface area contributed by atoms with Crippen molar-refractivity contribution in [2.24, 2.45) is 0 Å². The standard InChI is InChI=1S/C24H35N5O3S/c1-13-11-18(28-24(5,6)7)25-12-17(13)20-19(23(32)29-10-8-9-14(29)2)27-22(33-20)21(31)26-15(3)16(4)30/h11-12,14-16,30H,8-10H2,1-7H3,(H,25,28)(H,26,31)/t14-,15+,16+/m0/s1. The Morgan fingerprint density at radius 3 is 2.55 bits per heavy atom. The number of carbonyl (C=O) groups excluding carboxylic acids is 2. The fourth-order valence-corrected chi connectivity index (χ4v) is 4.79. The third-order valence-electron chi connectivity index (χ3n) is 5.78. The number of aliphatic hydroxyl groups excluding tert-OH is 1. The molecule has 0 spiro atoms. The number of aliphatic hydroxyl groups is 1. The molecule has 3 N–H and O–H groups in total. The van der Waals surface area contributed by atoms with Crippen LogP contribution in [0.5, 0.6) is 0 Å². The maximum absolute atomic E-state index is 13.4. The fraction of sp³-hybridized carbons (Fsp3) is 0.583. The highest BCUT2D eigenvalue weighted by Crippen LogP contribution is 2.35. The average Bonchev–Trinajstić information content (AvgIpc) is 3.33. The molecule has 33 heavy (non-hydrogen) atoms. The highest BCUT2D eigenvalue weighted by molar-refractivity contribution is 7.17. The molecule has 0 aromatic carbocycles. The molecule has 0 unspecified atom stereocenters. The van der Waals surface area contributed by atoms with Crippen LogP contribution in [0.3, 0.4) is 0 Å². The van der Waals surface area contributed by atoms with Gasteiger partial charge in [-0.15, -0.1) is 11.3 Å². The van der Waals surface area contributed by atoms with Gasteiger partial charge in [-0.05, 0) is 72.9 Å². The summed E-state index contributed by atoms with van der Waals surface area (Å²) >= 11 is 1.18. The number of hydrogen-bond acceptors (Lipinski definition) is 7. The lowest BCUT2D eigenvalue weighted by Crippen LogP contribution is -2.39. The summed E-state index contributed by atoms with van der Waals surface area (Å²) in [6.07, 6.45) is 2.95. The first-order chi connectivity index (χ1) is 15.4. The van der Waals surface area contributed by atoms with Crippen LogP contribution in [-0.4, -0.2) is 62.1 Å². The van der Waals surface area contributed by atoms with Crippen LogP contribution in [-0.2, 0) is 0 Å². The van der Waals surface area contributed by atoms with Crippen molar-refractivity contribution in [3.63, 3.8) is 0 Å². The van der Waals surface area contributed by atoms with E-state index in [0.717, 1.165) is 29.8 Å². The van der Waals surface area contributed by atoms with Crippen molar-refractivity contribution in [3.05, 3.63) is 28.5 Å². The lowest BCUT2D eigenvalue weighted by Gasteiger charge is -2.22. The van der Waals surface area contributed by atoms with Crippen molar-refractivity contribution in [3.8, 4) is 10.4 Å². The van der Waals surface area contributed by atoms with Crippen LogP contribution in [0.2, 0.25) is 0 Å². The van der Waals surface area contributed by atoms with Gasteiger partial charge in [0.2, 0.25) is 0 Å². The monoisotopic (exact) mass is 473 g/mol. The van der Waals surface area contributed by atoms with E-state index in [1.54, 1.807) is 20.0 Å². The van der Waals surface area contributed by atoms with Crippen LogP contribution in [0.4, 0.5) is 5.82 Å². The summed E-state index contributed by atoms with van der Waals surface area (Å²) in [5, 5.41) is 16.1. The van der Waals surface area contributed by atoms with Gasteiger partial charge >= 0.3 is 0 Å². The second-order valence-corrected chi connectivity index (χ2v) is 10.9. The van der Waals surface area contributed by atoms with Crippen molar-refractivity contribution in [2.75, 3.05) is 11.9 Å². The normalized spacial score (nSPS) is 18.2. The number of aromatic nitrogens is 2. The summed E-state index contributed by atoms with van der Waals surface area (Å²) in [6.45, 7) is 14.2. The summed E-state index contributed by atoms with van der Waals surface area (Å²) in [4.78, 5) is 37.8. The number of carbonyl (C=O) groups is 2. The zero-order chi connectivity index (χ0) is 24.5. The number of hydrogen-bond donors (Lipinski definition) is 3. The second kappa shape index (κ2) is 9.77.